The van der Waals surface area contributed by atoms with Crippen LogP contribution in [0.15, 0.2) is 36.8 Å². The SMILES string of the molecule is Cc1nc(Nc2ccc(C#N)nc2)cc(C2CCCCN2Cc2cn[nH]c2)n1. The maximum atomic E-state index is 8.89. The van der Waals surface area contributed by atoms with Crippen LogP contribution in [0, 0.1) is 18.3 Å². The van der Waals surface area contributed by atoms with Crippen molar-refractivity contribution in [2.24, 2.45) is 0 Å². The van der Waals surface area contributed by atoms with Crippen molar-refractivity contribution in [2.75, 3.05) is 11.9 Å². The Labute approximate surface area is 163 Å². The zero-order valence-corrected chi connectivity index (χ0v) is 15.8. The topological polar surface area (TPSA) is 106 Å². The van der Waals surface area contributed by atoms with Gasteiger partial charge in [-0.15, -0.1) is 0 Å². The number of piperidine rings is 1. The summed E-state index contributed by atoms with van der Waals surface area (Å²) in [5.41, 5.74) is 3.39. The number of aromatic nitrogens is 5. The third-order valence-corrected chi connectivity index (χ3v) is 4.90. The van der Waals surface area contributed by atoms with Crippen LogP contribution in [0.2, 0.25) is 0 Å². The van der Waals surface area contributed by atoms with Gasteiger partial charge in [0.2, 0.25) is 0 Å². The predicted octanol–water partition coefficient (Wildman–Crippen LogP) is 3.25. The Balaban J connectivity index is 1.56. The first-order chi connectivity index (χ1) is 13.7. The second-order valence-corrected chi connectivity index (χ2v) is 6.98. The first-order valence-corrected chi connectivity index (χ1v) is 9.42. The van der Waals surface area contributed by atoms with Gasteiger partial charge in [0.1, 0.15) is 23.4 Å². The van der Waals surface area contributed by atoms with Gasteiger partial charge in [0, 0.05) is 24.4 Å². The Bertz CT molecular complexity index is 959. The molecule has 0 aliphatic carbocycles. The standard InChI is InChI=1S/C20H22N8/c1-14-25-18(8-20(26-14)27-17-6-5-16(9-21)22-12-17)19-4-2-3-7-28(19)13-15-10-23-24-11-15/h5-6,8,10-12,19H,2-4,7,13H2,1H3,(H,23,24)(H,25,26,27). The van der Waals surface area contributed by atoms with E-state index in [0.717, 1.165) is 42.5 Å². The van der Waals surface area contributed by atoms with Crippen molar-refractivity contribution in [1.29, 1.82) is 5.26 Å². The van der Waals surface area contributed by atoms with Crippen LogP contribution in [0.1, 0.15) is 48.1 Å². The average Bonchev–Trinajstić information content (AvgIpc) is 3.22. The highest BCUT2D eigenvalue weighted by molar-refractivity contribution is 5.55. The van der Waals surface area contributed by atoms with E-state index >= 15 is 0 Å². The molecule has 1 saturated heterocycles. The summed E-state index contributed by atoms with van der Waals surface area (Å²) in [4.78, 5) is 15.8. The highest BCUT2D eigenvalue weighted by Crippen LogP contribution is 2.32. The highest BCUT2D eigenvalue weighted by Gasteiger charge is 2.26. The van der Waals surface area contributed by atoms with Gasteiger partial charge in [-0.3, -0.25) is 10.00 Å². The first kappa shape index (κ1) is 18.1. The van der Waals surface area contributed by atoms with Crippen LogP contribution in [0.25, 0.3) is 0 Å². The lowest BCUT2D eigenvalue weighted by Crippen LogP contribution is -2.33. The summed E-state index contributed by atoms with van der Waals surface area (Å²) in [6.07, 6.45) is 8.93. The van der Waals surface area contributed by atoms with Crippen molar-refractivity contribution in [1.82, 2.24) is 30.0 Å². The fourth-order valence-electron chi connectivity index (χ4n) is 3.62. The summed E-state index contributed by atoms with van der Waals surface area (Å²) in [5.74, 6) is 1.47. The highest BCUT2D eigenvalue weighted by atomic mass is 15.2. The summed E-state index contributed by atoms with van der Waals surface area (Å²) < 4.78 is 0. The number of H-pyrrole nitrogens is 1. The van der Waals surface area contributed by atoms with Crippen LogP contribution in [-0.2, 0) is 6.54 Å². The number of hydrogen-bond donors (Lipinski definition) is 2. The van der Waals surface area contributed by atoms with E-state index in [2.05, 4.69) is 30.4 Å². The molecule has 1 aliphatic rings. The van der Waals surface area contributed by atoms with Gasteiger partial charge in [-0.1, -0.05) is 6.42 Å². The van der Waals surface area contributed by atoms with Gasteiger partial charge in [-0.05, 0) is 38.4 Å². The van der Waals surface area contributed by atoms with E-state index in [1.807, 2.05) is 37.5 Å². The zero-order valence-electron chi connectivity index (χ0n) is 15.8. The molecule has 142 valence electrons. The fourth-order valence-corrected chi connectivity index (χ4v) is 3.62. The van der Waals surface area contributed by atoms with Crippen molar-refractivity contribution in [3.63, 3.8) is 0 Å². The molecule has 28 heavy (non-hydrogen) atoms. The molecule has 3 aromatic heterocycles. The van der Waals surface area contributed by atoms with Crippen molar-refractivity contribution in [3.05, 3.63) is 59.6 Å². The lowest BCUT2D eigenvalue weighted by molar-refractivity contribution is 0.137. The number of nitrogens with zero attached hydrogens (tertiary/aromatic N) is 6. The number of likely N-dealkylation sites (tertiary alicyclic amines) is 1. The van der Waals surface area contributed by atoms with Crippen LogP contribution in [-0.4, -0.2) is 36.6 Å². The first-order valence-electron chi connectivity index (χ1n) is 9.42. The average molecular weight is 374 g/mol. The number of aromatic amines is 1. The van der Waals surface area contributed by atoms with E-state index in [1.165, 1.54) is 18.4 Å². The molecule has 3 aromatic rings. The Morgan fingerprint density at radius 1 is 1.29 bits per heavy atom. The zero-order chi connectivity index (χ0) is 19.3. The van der Waals surface area contributed by atoms with Crippen molar-refractivity contribution in [3.8, 4) is 6.07 Å². The monoisotopic (exact) mass is 374 g/mol. The Morgan fingerprint density at radius 2 is 2.21 bits per heavy atom. The number of pyridine rings is 1. The minimum absolute atomic E-state index is 0.255. The molecule has 0 spiro atoms. The molecule has 1 atom stereocenters. The molecule has 0 bridgehead atoms. The number of anilines is 2. The van der Waals surface area contributed by atoms with E-state index in [0.29, 0.717) is 5.69 Å². The van der Waals surface area contributed by atoms with Crippen LogP contribution < -0.4 is 5.32 Å². The van der Waals surface area contributed by atoms with Crippen LogP contribution >= 0.6 is 0 Å². The Kier molecular flexibility index (Phi) is 5.26. The van der Waals surface area contributed by atoms with Crippen LogP contribution in [0.4, 0.5) is 11.5 Å². The Hall–Kier alpha value is -3.31. The van der Waals surface area contributed by atoms with E-state index < -0.39 is 0 Å². The molecular weight excluding hydrogens is 352 g/mol. The second kappa shape index (κ2) is 8.15. The molecule has 4 heterocycles. The molecule has 0 saturated carbocycles. The molecule has 0 aromatic carbocycles. The maximum absolute atomic E-state index is 8.89. The van der Waals surface area contributed by atoms with Crippen LogP contribution in [0.5, 0.6) is 0 Å². The minimum atomic E-state index is 0.255. The van der Waals surface area contributed by atoms with E-state index in [4.69, 9.17) is 10.2 Å². The largest absolute Gasteiger partial charge is 0.339 e. The fraction of sp³-hybridized carbons (Fsp3) is 0.350. The quantitative estimate of drug-likeness (QED) is 0.706. The van der Waals surface area contributed by atoms with Crippen molar-refractivity contribution in [2.45, 2.75) is 38.8 Å². The minimum Gasteiger partial charge on any atom is -0.339 e. The van der Waals surface area contributed by atoms with Gasteiger partial charge in [0.15, 0.2) is 0 Å². The van der Waals surface area contributed by atoms with E-state index in [1.54, 1.807) is 12.3 Å². The molecule has 8 heteroatoms. The molecule has 8 nitrogen and oxygen atoms in total. The number of aryl methyl sites for hydroxylation is 1. The van der Waals surface area contributed by atoms with Crippen molar-refractivity contribution < 1.29 is 0 Å². The lowest BCUT2D eigenvalue weighted by atomic mass is 9.98. The number of rotatable bonds is 5. The molecule has 1 unspecified atom stereocenters. The van der Waals surface area contributed by atoms with Gasteiger partial charge in [-0.25, -0.2) is 15.0 Å². The summed E-state index contributed by atoms with van der Waals surface area (Å²) in [6, 6.07) is 7.81. The van der Waals surface area contributed by atoms with Gasteiger partial charge >= 0.3 is 0 Å². The molecule has 0 amide bonds. The number of nitrogens with one attached hydrogen (secondary N) is 2. The third kappa shape index (κ3) is 4.15. The van der Waals surface area contributed by atoms with Crippen LogP contribution in [0.3, 0.4) is 0 Å². The summed E-state index contributed by atoms with van der Waals surface area (Å²) in [7, 11) is 0. The third-order valence-electron chi connectivity index (χ3n) is 4.90. The summed E-state index contributed by atoms with van der Waals surface area (Å²) in [6.45, 7) is 3.81. The normalized spacial score (nSPS) is 17.2. The van der Waals surface area contributed by atoms with E-state index in [-0.39, 0.29) is 6.04 Å². The predicted molar refractivity (Wildman–Crippen MR) is 105 cm³/mol. The molecule has 4 rings (SSSR count). The number of hydrogen-bond acceptors (Lipinski definition) is 7. The Morgan fingerprint density at radius 3 is 2.96 bits per heavy atom. The summed E-state index contributed by atoms with van der Waals surface area (Å²) >= 11 is 0. The maximum Gasteiger partial charge on any atom is 0.140 e. The molecular formula is C20H22N8. The smallest absolute Gasteiger partial charge is 0.140 e. The van der Waals surface area contributed by atoms with E-state index in [9.17, 15) is 0 Å². The van der Waals surface area contributed by atoms with Crippen molar-refractivity contribution >= 4 is 11.5 Å². The van der Waals surface area contributed by atoms with Gasteiger partial charge < -0.3 is 5.32 Å². The molecule has 1 fully saturated rings. The molecule has 2 N–H and O–H groups in total. The lowest BCUT2D eigenvalue weighted by Gasteiger charge is -2.35. The second-order valence-electron chi connectivity index (χ2n) is 6.98. The van der Waals surface area contributed by atoms with Gasteiger partial charge in [-0.2, -0.15) is 10.4 Å². The van der Waals surface area contributed by atoms with Gasteiger partial charge in [0.25, 0.3) is 0 Å². The number of nitriles is 1. The van der Waals surface area contributed by atoms with Gasteiger partial charge in [0.05, 0.1) is 29.8 Å². The summed E-state index contributed by atoms with van der Waals surface area (Å²) in [5, 5.41) is 19.1. The molecule has 1 aliphatic heterocycles. The molecule has 0 radical (unpaired) electrons.